The number of carbonyl (C=O) groups is 2. The van der Waals surface area contributed by atoms with Crippen LogP contribution in [0.2, 0.25) is 0 Å². The lowest BCUT2D eigenvalue weighted by molar-refractivity contribution is -0.113. The molecule has 0 radical (unpaired) electrons. The molecule has 0 atom stereocenters. The molecule has 2 aromatic heterocycles. The number of rotatable bonds is 6. The van der Waals surface area contributed by atoms with Crippen LogP contribution in [0.25, 0.3) is 10.2 Å². The van der Waals surface area contributed by atoms with Gasteiger partial charge >= 0.3 is 5.97 Å². The van der Waals surface area contributed by atoms with Crippen molar-refractivity contribution in [2.24, 2.45) is 0 Å². The first-order valence-electron chi connectivity index (χ1n) is 9.10. The minimum absolute atomic E-state index is 0.118. The van der Waals surface area contributed by atoms with E-state index in [0.717, 1.165) is 28.1 Å². The Balaban J connectivity index is 1.40. The third-order valence-electron chi connectivity index (χ3n) is 4.49. The van der Waals surface area contributed by atoms with E-state index in [2.05, 4.69) is 15.3 Å². The van der Waals surface area contributed by atoms with Crippen LogP contribution in [0.15, 0.2) is 35.6 Å². The van der Waals surface area contributed by atoms with Gasteiger partial charge in [0, 0.05) is 16.0 Å². The lowest BCUT2D eigenvalue weighted by Crippen LogP contribution is -2.14. The number of aryl methyl sites for hydroxylation is 2. The van der Waals surface area contributed by atoms with Crippen LogP contribution in [0.4, 0.5) is 5.69 Å². The number of nitrogens with one attached hydrogen (secondary N) is 1. The Bertz CT molecular complexity index is 1030. The molecule has 1 aliphatic carbocycles. The summed E-state index contributed by atoms with van der Waals surface area (Å²) in [6, 6.07) is 6.68. The largest absolute Gasteiger partial charge is 0.462 e. The Labute approximate surface area is 170 Å². The van der Waals surface area contributed by atoms with Gasteiger partial charge in [-0.25, -0.2) is 14.8 Å². The highest BCUT2D eigenvalue weighted by atomic mass is 32.2. The molecule has 0 spiro atoms. The predicted molar refractivity (Wildman–Crippen MR) is 111 cm³/mol. The van der Waals surface area contributed by atoms with Crippen molar-refractivity contribution in [1.82, 2.24) is 9.97 Å². The second-order valence-electron chi connectivity index (χ2n) is 6.35. The molecular formula is C20H19N3O3S2. The average Bonchev–Trinajstić information content (AvgIpc) is 3.28. The molecule has 0 bridgehead atoms. The van der Waals surface area contributed by atoms with Crippen molar-refractivity contribution < 1.29 is 14.3 Å². The maximum absolute atomic E-state index is 12.4. The zero-order valence-corrected chi connectivity index (χ0v) is 17.0. The predicted octanol–water partition coefficient (Wildman–Crippen LogP) is 4.09. The third-order valence-corrected chi connectivity index (χ3v) is 6.68. The summed E-state index contributed by atoms with van der Waals surface area (Å²) in [7, 11) is 0. The van der Waals surface area contributed by atoms with Gasteiger partial charge in [0.25, 0.3) is 0 Å². The van der Waals surface area contributed by atoms with Gasteiger partial charge in [-0.05, 0) is 56.0 Å². The van der Waals surface area contributed by atoms with Crippen LogP contribution in [0.3, 0.4) is 0 Å². The highest BCUT2D eigenvalue weighted by Gasteiger charge is 2.21. The van der Waals surface area contributed by atoms with Crippen LogP contribution in [-0.4, -0.2) is 34.2 Å². The number of hydrogen-bond acceptors (Lipinski definition) is 7. The van der Waals surface area contributed by atoms with Gasteiger partial charge in [-0.1, -0.05) is 11.8 Å². The summed E-state index contributed by atoms with van der Waals surface area (Å²) in [5.74, 6) is -0.226. The minimum atomic E-state index is -0.369. The molecule has 2 heterocycles. The fourth-order valence-corrected chi connectivity index (χ4v) is 5.36. The molecule has 1 N–H and O–H groups in total. The standard InChI is InChI=1S/C20H19N3O3S2/c1-2-26-20(25)12-6-8-13(9-7-12)23-16(24)10-27-18-17-14-4-3-5-15(14)28-19(17)22-11-21-18/h6-9,11H,2-5,10H2,1H3,(H,23,24). The Morgan fingerprint density at radius 3 is 2.82 bits per heavy atom. The van der Waals surface area contributed by atoms with Gasteiger partial charge in [0.2, 0.25) is 5.91 Å². The van der Waals surface area contributed by atoms with Crippen molar-refractivity contribution in [3.05, 3.63) is 46.6 Å². The molecule has 3 aromatic rings. The van der Waals surface area contributed by atoms with E-state index in [0.29, 0.717) is 17.9 Å². The highest BCUT2D eigenvalue weighted by molar-refractivity contribution is 8.00. The lowest BCUT2D eigenvalue weighted by atomic mass is 10.2. The number of thioether (sulfide) groups is 1. The van der Waals surface area contributed by atoms with E-state index >= 15 is 0 Å². The maximum atomic E-state index is 12.4. The van der Waals surface area contributed by atoms with E-state index < -0.39 is 0 Å². The molecular weight excluding hydrogens is 394 g/mol. The van der Waals surface area contributed by atoms with Crippen LogP contribution < -0.4 is 5.32 Å². The van der Waals surface area contributed by atoms with Gasteiger partial charge in [0.1, 0.15) is 16.2 Å². The zero-order valence-electron chi connectivity index (χ0n) is 15.4. The van der Waals surface area contributed by atoms with E-state index in [1.54, 1.807) is 48.9 Å². The van der Waals surface area contributed by atoms with Gasteiger partial charge in [-0.15, -0.1) is 11.3 Å². The normalized spacial score (nSPS) is 12.8. The summed E-state index contributed by atoms with van der Waals surface area (Å²) >= 11 is 3.17. The number of esters is 1. The molecule has 1 amide bonds. The number of aromatic nitrogens is 2. The molecule has 0 saturated carbocycles. The quantitative estimate of drug-likeness (QED) is 0.372. The minimum Gasteiger partial charge on any atom is -0.462 e. The second-order valence-corrected chi connectivity index (χ2v) is 8.40. The second kappa shape index (κ2) is 8.28. The number of carbonyl (C=O) groups excluding carboxylic acids is 2. The first-order valence-corrected chi connectivity index (χ1v) is 10.9. The van der Waals surface area contributed by atoms with Crippen molar-refractivity contribution in [3.8, 4) is 0 Å². The molecule has 144 valence electrons. The zero-order chi connectivity index (χ0) is 19.5. The fraction of sp³-hybridized carbons (Fsp3) is 0.300. The van der Waals surface area contributed by atoms with Crippen LogP contribution in [-0.2, 0) is 22.4 Å². The van der Waals surface area contributed by atoms with E-state index in [9.17, 15) is 9.59 Å². The van der Waals surface area contributed by atoms with Crippen molar-refractivity contribution in [2.75, 3.05) is 17.7 Å². The molecule has 4 rings (SSSR count). The molecule has 1 aliphatic rings. The fourth-order valence-electron chi connectivity index (χ4n) is 3.24. The van der Waals surface area contributed by atoms with Crippen LogP contribution in [0.5, 0.6) is 0 Å². The van der Waals surface area contributed by atoms with Gasteiger partial charge in [-0.3, -0.25) is 4.79 Å². The Kier molecular flexibility index (Phi) is 5.59. The Morgan fingerprint density at radius 2 is 2.04 bits per heavy atom. The molecule has 0 aliphatic heterocycles. The smallest absolute Gasteiger partial charge is 0.338 e. The number of benzene rings is 1. The number of hydrogen-bond donors (Lipinski definition) is 1. The number of ether oxygens (including phenoxy) is 1. The van der Waals surface area contributed by atoms with Crippen molar-refractivity contribution in [1.29, 1.82) is 0 Å². The number of amides is 1. The number of thiophene rings is 1. The molecule has 8 heteroatoms. The third kappa shape index (κ3) is 3.88. The Hall–Kier alpha value is -2.45. The molecule has 0 fully saturated rings. The number of anilines is 1. The van der Waals surface area contributed by atoms with E-state index in [4.69, 9.17) is 4.74 Å². The van der Waals surface area contributed by atoms with Gasteiger partial charge in [0.15, 0.2) is 0 Å². The Morgan fingerprint density at radius 1 is 1.21 bits per heavy atom. The molecule has 0 saturated heterocycles. The van der Waals surface area contributed by atoms with Crippen LogP contribution >= 0.6 is 23.1 Å². The summed E-state index contributed by atoms with van der Waals surface area (Å²) in [6.45, 7) is 2.10. The summed E-state index contributed by atoms with van der Waals surface area (Å²) in [5.41, 5.74) is 2.46. The molecule has 28 heavy (non-hydrogen) atoms. The number of nitrogens with zero attached hydrogens (tertiary/aromatic N) is 2. The van der Waals surface area contributed by atoms with Crippen LogP contribution in [0, 0.1) is 0 Å². The molecule has 6 nitrogen and oxygen atoms in total. The first-order chi connectivity index (χ1) is 13.7. The average molecular weight is 414 g/mol. The molecule has 0 unspecified atom stereocenters. The van der Waals surface area contributed by atoms with E-state index in [1.165, 1.54) is 28.6 Å². The van der Waals surface area contributed by atoms with Crippen molar-refractivity contribution in [3.63, 3.8) is 0 Å². The van der Waals surface area contributed by atoms with Gasteiger partial charge in [-0.2, -0.15) is 0 Å². The van der Waals surface area contributed by atoms with Crippen LogP contribution in [0.1, 0.15) is 34.1 Å². The van der Waals surface area contributed by atoms with E-state index in [-0.39, 0.29) is 17.6 Å². The van der Waals surface area contributed by atoms with Gasteiger partial charge in [0.05, 0.1) is 17.9 Å². The number of fused-ring (bicyclic) bond motifs is 3. The summed E-state index contributed by atoms with van der Waals surface area (Å²) in [6.07, 6.45) is 4.93. The SMILES string of the molecule is CCOC(=O)c1ccc(NC(=O)CSc2ncnc3sc4c(c23)CCC4)cc1. The summed E-state index contributed by atoms with van der Waals surface area (Å²) < 4.78 is 4.96. The first kappa shape index (κ1) is 18.9. The van der Waals surface area contributed by atoms with E-state index in [1.807, 2.05) is 0 Å². The van der Waals surface area contributed by atoms with Gasteiger partial charge < -0.3 is 10.1 Å². The summed E-state index contributed by atoms with van der Waals surface area (Å²) in [5, 5.41) is 4.85. The lowest BCUT2D eigenvalue weighted by Gasteiger charge is -2.07. The highest BCUT2D eigenvalue weighted by Crippen LogP contribution is 2.39. The van der Waals surface area contributed by atoms with Crippen molar-refractivity contribution >= 4 is 50.9 Å². The topological polar surface area (TPSA) is 81.2 Å². The maximum Gasteiger partial charge on any atom is 0.338 e. The molecule has 1 aromatic carbocycles. The summed E-state index contributed by atoms with van der Waals surface area (Å²) in [4.78, 5) is 35.2. The monoisotopic (exact) mass is 413 g/mol. The van der Waals surface area contributed by atoms with Crippen molar-refractivity contribution in [2.45, 2.75) is 31.2 Å².